The number of aromatic nitrogens is 4. The highest BCUT2D eigenvalue weighted by atomic mass is 35.5. The SMILES string of the molecule is C[SH](C)(=O)NC1CCCN(c2ccnc(-c3cnc4cc(F)c(Cl)cn34)n2)C1. The normalized spacial score (nSPS) is 18.6. The van der Waals surface area contributed by atoms with Crippen molar-refractivity contribution in [3.8, 4) is 11.5 Å². The number of hydrogen-bond donors (Lipinski definition) is 2. The fourth-order valence-electron chi connectivity index (χ4n) is 3.52. The summed E-state index contributed by atoms with van der Waals surface area (Å²) >= 11 is 5.92. The molecule has 4 heterocycles. The maximum atomic E-state index is 13.7. The van der Waals surface area contributed by atoms with E-state index < -0.39 is 15.9 Å². The third-order valence-corrected chi connectivity index (χ3v) is 5.93. The fraction of sp³-hybridized carbons (Fsp3) is 0.389. The summed E-state index contributed by atoms with van der Waals surface area (Å²) in [4.78, 5) is 15.4. The predicted molar refractivity (Wildman–Crippen MR) is 111 cm³/mol. The van der Waals surface area contributed by atoms with Gasteiger partial charge in [-0.3, -0.25) is 13.3 Å². The molecule has 0 spiro atoms. The Morgan fingerprint density at radius 3 is 2.96 bits per heavy atom. The van der Waals surface area contributed by atoms with Crippen molar-refractivity contribution in [2.75, 3.05) is 30.5 Å². The number of thiol groups is 1. The first-order valence-corrected chi connectivity index (χ1v) is 12.0. The molecule has 1 aliphatic heterocycles. The van der Waals surface area contributed by atoms with Crippen molar-refractivity contribution in [3.05, 3.63) is 41.6 Å². The Balaban J connectivity index is 1.63. The largest absolute Gasteiger partial charge is 0.355 e. The molecule has 150 valence electrons. The van der Waals surface area contributed by atoms with Crippen LogP contribution in [0.4, 0.5) is 10.2 Å². The zero-order valence-corrected chi connectivity index (χ0v) is 17.3. The van der Waals surface area contributed by atoms with Gasteiger partial charge in [0.1, 0.15) is 23.0 Å². The van der Waals surface area contributed by atoms with Crippen molar-refractivity contribution in [1.82, 2.24) is 24.1 Å². The molecule has 3 aromatic rings. The standard InChI is InChI=1S/C18H22ClFN6OS/c1-28(2,27)24-12-4-3-7-25(10-12)16-5-6-21-18(23-16)15-9-22-17-8-14(20)13(19)11-26(15)17/h5-6,8-9,11-12,28H,3-4,7,10H2,1-2H3,(H,24,27). The minimum atomic E-state index is -2.30. The van der Waals surface area contributed by atoms with Crippen LogP contribution in [0.5, 0.6) is 0 Å². The van der Waals surface area contributed by atoms with E-state index in [2.05, 4.69) is 19.6 Å². The summed E-state index contributed by atoms with van der Waals surface area (Å²) in [5, 5.41) is 0.0106. The van der Waals surface area contributed by atoms with Crippen LogP contribution in [0, 0.1) is 5.82 Å². The van der Waals surface area contributed by atoms with Crippen molar-refractivity contribution < 1.29 is 8.60 Å². The van der Waals surface area contributed by atoms with Gasteiger partial charge >= 0.3 is 0 Å². The quantitative estimate of drug-likeness (QED) is 0.629. The molecule has 28 heavy (non-hydrogen) atoms. The molecular formula is C18H22ClFN6OS. The number of rotatable bonds is 4. The van der Waals surface area contributed by atoms with Crippen molar-refractivity contribution in [2.45, 2.75) is 18.9 Å². The van der Waals surface area contributed by atoms with Gasteiger partial charge in [-0.1, -0.05) is 21.7 Å². The highest BCUT2D eigenvalue weighted by molar-refractivity contribution is 7.99. The lowest BCUT2D eigenvalue weighted by Crippen LogP contribution is -2.49. The maximum Gasteiger partial charge on any atom is 0.180 e. The van der Waals surface area contributed by atoms with Crippen molar-refractivity contribution >= 4 is 33.2 Å². The van der Waals surface area contributed by atoms with Crippen LogP contribution in [0.3, 0.4) is 0 Å². The Morgan fingerprint density at radius 1 is 1.36 bits per heavy atom. The van der Waals surface area contributed by atoms with Gasteiger partial charge < -0.3 is 4.90 Å². The molecule has 7 nitrogen and oxygen atoms in total. The summed E-state index contributed by atoms with van der Waals surface area (Å²) in [7, 11) is -2.30. The number of anilines is 1. The van der Waals surface area contributed by atoms with Crippen molar-refractivity contribution in [1.29, 1.82) is 0 Å². The van der Waals surface area contributed by atoms with Gasteiger partial charge in [0, 0.05) is 50.1 Å². The number of pyridine rings is 1. The van der Waals surface area contributed by atoms with Crippen molar-refractivity contribution in [3.63, 3.8) is 0 Å². The number of fused-ring (bicyclic) bond motifs is 1. The summed E-state index contributed by atoms with van der Waals surface area (Å²) in [6, 6.07) is 3.30. The molecule has 10 heteroatoms. The average molecular weight is 425 g/mol. The molecule has 0 bridgehead atoms. The Kier molecular flexibility index (Phi) is 5.07. The lowest BCUT2D eigenvalue weighted by atomic mass is 10.1. The Labute approximate surface area is 168 Å². The van der Waals surface area contributed by atoms with E-state index in [4.69, 9.17) is 16.6 Å². The zero-order valence-electron chi connectivity index (χ0n) is 15.6. The molecule has 0 aliphatic carbocycles. The Morgan fingerprint density at radius 2 is 2.18 bits per heavy atom. The van der Waals surface area contributed by atoms with Crippen LogP contribution < -0.4 is 9.62 Å². The van der Waals surface area contributed by atoms with E-state index in [1.807, 2.05) is 6.07 Å². The van der Waals surface area contributed by atoms with E-state index in [0.29, 0.717) is 17.2 Å². The number of piperidine rings is 1. The summed E-state index contributed by atoms with van der Waals surface area (Å²) in [6.45, 7) is 1.60. The van der Waals surface area contributed by atoms with E-state index in [1.54, 1.807) is 29.3 Å². The highest BCUT2D eigenvalue weighted by Crippen LogP contribution is 2.24. The van der Waals surface area contributed by atoms with Crippen LogP contribution in [0.2, 0.25) is 5.02 Å². The summed E-state index contributed by atoms with van der Waals surface area (Å²) in [5.74, 6) is 0.762. The first-order chi connectivity index (χ1) is 13.3. The van der Waals surface area contributed by atoms with Crippen LogP contribution in [0.25, 0.3) is 17.2 Å². The molecule has 1 atom stereocenters. The lowest BCUT2D eigenvalue weighted by Gasteiger charge is -2.35. The molecule has 4 rings (SSSR count). The minimum Gasteiger partial charge on any atom is -0.355 e. The van der Waals surface area contributed by atoms with Gasteiger partial charge in [-0.25, -0.2) is 19.3 Å². The third kappa shape index (κ3) is 4.01. The van der Waals surface area contributed by atoms with Gasteiger partial charge in [0.05, 0.1) is 11.2 Å². The molecule has 1 aliphatic rings. The molecule has 0 saturated carbocycles. The third-order valence-electron chi connectivity index (χ3n) is 4.66. The molecule has 3 aromatic heterocycles. The first kappa shape index (κ1) is 19.2. The monoisotopic (exact) mass is 424 g/mol. The van der Waals surface area contributed by atoms with E-state index in [9.17, 15) is 8.60 Å². The summed E-state index contributed by atoms with van der Waals surface area (Å²) < 4.78 is 30.7. The smallest absolute Gasteiger partial charge is 0.180 e. The fourth-order valence-corrected chi connectivity index (χ4v) is 4.76. The van der Waals surface area contributed by atoms with E-state index >= 15 is 0 Å². The molecular weight excluding hydrogens is 403 g/mol. The molecule has 1 N–H and O–H groups in total. The van der Waals surface area contributed by atoms with Gasteiger partial charge in [0.15, 0.2) is 5.82 Å². The summed E-state index contributed by atoms with van der Waals surface area (Å²) in [5.41, 5.74) is 1.08. The number of nitrogens with one attached hydrogen (secondary N) is 1. The zero-order chi connectivity index (χ0) is 19.9. The van der Waals surface area contributed by atoms with Crippen LogP contribution in [-0.2, 0) is 10.1 Å². The first-order valence-electron chi connectivity index (χ1n) is 9.03. The van der Waals surface area contributed by atoms with Crippen LogP contribution in [-0.4, -0.2) is 55.2 Å². The number of imidazole rings is 1. The lowest BCUT2D eigenvalue weighted by molar-refractivity contribution is 0.474. The average Bonchev–Trinajstić information content (AvgIpc) is 3.04. The van der Waals surface area contributed by atoms with Gasteiger partial charge in [-0.15, -0.1) is 0 Å². The van der Waals surface area contributed by atoms with E-state index in [0.717, 1.165) is 31.7 Å². The maximum absolute atomic E-state index is 13.7. The van der Waals surface area contributed by atoms with Gasteiger partial charge in [-0.2, -0.15) is 0 Å². The summed E-state index contributed by atoms with van der Waals surface area (Å²) in [6.07, 6.45) is 10.2. The molecule has 0 amide bonds. The molecule has 1 fully saturated rings. The van der Waals surface area contributed by atoms with Crippen LogP contribution in [0.1, 0.15) is 12.8 Å². The molecule has 0 radical (unpaired) electrons. The highest BCUT2D eigenvalue weighted by Gasteiger charge is 2.23. The number of nitrogens with zero attached hydrogens (tertiary/aromatic N) is 5. The predicted octanol–water partition coefficient (Wildman–Crippen LogP) is 2.33. The second-order valence-corrected chi connectivity index (χ2v) is 10.7. The van der Waals surface area contributed by atoms with Crippen molar-refractivity contribution in [2.24, 2.45) is 0 Å². The number of hydrogen-bond acceptors (Lipinski definition) is 5. The Bertz CT molecular complexity index is 1070. The van der Waals surface area contributed by atoms with Gasteiger partial charge in [-0.05, 0) is 18.9 Å². The topological polar surface area (TPSA) is 75.4 Å². The molecule has 0 aromatic carbocycles. The van der Waals surface area contributed by atoms with Gasteiger partial charge in [0.25, 0.3) is 0 Å². The van der Waals surface area contributed by atoms with Gasteiger partial charge in [0.2, 0.25) is 0 Å². The van der Waals surface area contributed by atoms with E-state index in [1.165, 1.54) is 12.3 Å². The second kappa shape index (κ2) is 7.38. The Hall–Kier alpha value is -2.10. The van der Waals surface area contributed by atoms with Crippen LogP contribution in [0.15, 0.2) is 30.7 Å². The second-order valence-electron chi connectivity index (χ2n) is 7.34. The van der Waals surface area contributed by atoms with E-state index in [-0.39, 0.29) is 11.1 Å². The molecule has 1 saturated heterocycles. The molecule has 1 unspecified atom stereocenters. The number of halogens is 2. The minimum absolute atomic E-state index is 0.0106. The van der Waals surface area contributed by atoms with Crippen LogP contribution >= 0.6 is 11.6 Å².